The molecule has 1 aromatic carbocycles. The SMILES string of the molecule is COC(=O)c1cccc([C@@H]2CC(=O)Nc3n[nH]c(-c4ccccc4)c32)n1. The number of nitrogens with one attached hydrogen (secondary N) is 2. The second-order valence-electron chi connectivity index (χ2n) is 5.97. The van der Waals surface area contributed by atoms with Crippen molar-refractivity contribution in [3.05, 3.63) is 65.5 Å². The second kappa shape index (κ2) is 6.44. The first-order chi connectivity index (χ1) is 12.7. The molecule has 2 aromatic heterocycles. The van der Waals surface area contributed by atoms with Crippen LogP contribution in [0, 0.1) is 0 Å². The number of hydrogen-bond donors (Lipinski definition) is 2. The topological polar surface area (TPSA) is 97.0 Å². The number of fused-ring (bicyclic) bond motifs is 1. The van der Waals surface area contributed by atoms with Crippen molar-refractivity contribution in [3.8, 4) is 11.3 Å². The summed E-state index contributed by atoms with van der Waals surface area (Å²) in [7, 11) is 1.31. The summed E-state index contributed by atoms with van der Waals surface area (Å²) in [5.74, 6) is -0.464. The van der Waals surface area contributed by atoms with E-state index in [-0.39, 0.29) is 23.9 Å². The molecule has 1 atom stereocenters. The molecule has 1 aliphatic heterocycles. The molecule has 130 valence electrons. The number of anilines is 1. The third-order valence-electron chi connectivity index (χ3n) is 4.38. The Morgan fingerprint density at radius 3 is 2.73 bits per heavy atom. The zero-order valence-electron chi connectivity index (χ0n) is 14.0. The number of amides is 1. The molecule has 1 aliphatic rings. The number of nitrogens with zero attached hydrogens (tertiary/aromatic N) is 2. The lowest BCUT2D eigenvalue weighted by Gasteiger charge is -2.23. The van der Waals surface area contributed by atoms with Crippen LogP contribution in [0.25, 0.3) is 11.3 Å². The lowest BCUT2D eigenvalue weighted by Crippen LogP contribution is -2.24. The van der Waals surface area contributed by atoms with Gasteiger partial charge in [-0.2, -0.15) is 5.10 Å². The van der Waals surface area contributed by atoms with Gasteiger partial charge in [0, 0.05) is 23.6 Å². The smallest absolute Gasteiger partial charge is 0.356 e. The second-order valence-corrected chi connectivity index (χ2v) is 5.97. The van der Waals surface area contributed by atoms with E-state index in [0.717, 1.165) is 16.8 Å². The van der Waals surface area contributed by atoms with Gasteiger partial charge in [-0.1, -0.05) is 36.4 Å². The molecule has 0 saturated heterocycles. The molecule has 3 aromatic rings. The number of benzene rings is 1. The van der Waals surface area contributed by atoms with Gasteiger partial charge in [0.2, 0.25) is 5.91 Å². The molecule has 0 fully saturated rings. The number of ether oxygens (including phenoxy) is 1. The van der Waals surface area contributed by atoms with E-state index in [9.17, 15) is 9.59 Å². The minimum atomic E-state index is -0.511. The van der Waals surface area contributed by atoms with Crippen LogP contribution in [0.15, 0.2) is 48.5 Å². The van der Waals surface area contributed by atoms with Crippen LogP contribution >= 0.6 is 0 Å². The molecule has 0 unspecified atom stereocenters. The van der Waals surface area contributed by atoms with Gasteiger partial charge in [-0.15, -0.1) is 0 Å². The molecule has 0 aliphatic carbocycles. The summed E-state index contributed by atoms with van der Waals surface area (Å²) in [6, 6.07) is 14.9. The number of rotatable bonds is 3. The molecule has 3 heterocycles. The van der Waals surface area contributed by atoms with E-state index in [1.165, 1.54) is 7.11 Å². The van der Waals surface area contributed by atoms with Gasteiger partial charge in [-0.3, -0.25) is 9.89 Å². The third kappa shape index (κ3) is 2.73. The van der Waals surface area contributed by atoms with Crippen LogP contribution < -0.4 is 5.32 Å². The monoisotopic (exact) mass is 348 g/mol. The van der Waals surface area contributed by atoms with Gasteiger partial charge in [0.05, 0.1) is 12.8 Å². The molecule has 2 N–H and O–H groups in total. The lowest BCUT2D eigenvalue weighted by molar-refractivity contribution is -0.116. The maximum Gasteiger partial charge on any atom is 0.356 e. The van der Waals surface area contributed by atoms with Gasteiger partial charge < -0.3 is 10.1 Å². The highest BCUT2D eigenvalue weighted by Gasteiger charge is 2.33. The fourth-order valence-corrected chi connectivity index (χ4v) is 3.20. The summed E-state index contributed by atoms with van der Waals surface area (Å²) in [5.41, 5.74) is 3.50. The largest absolute Gasteiger partial charge is 0.464 e. The van der Waals surface area contributed by atoms with Crippen molar-refractivity contribution in [1.82, 2.24) is 15.2 Å². The van der Waals surface area contributed by atoms with Gasteiger partial charge in [0.1, 0.15) is 5.69 Å². The van der Waals surface area contributed by atoms with E-state index in [0.29, 0.717) is 11.5 Å². The van der Waals surface area contributed by atoms with Crippen LogP contribution in [-0.2, 0) is 9.53 Å². The summed E-state index contributed by atoms with van der Waals surface area (Å²) in [4.78, 5) is 28.4. The summed E-state index contributed by atoms with van der Waals surface area (Å²) in [5, 5.41) is 10.1. The molecule has 7 nitrogen and oxygen atoms in total. The van der Waals surface area contributed by atoms with Gasteiger partial charge in [0.15, 0.2) is 5.82 Å². The molecule has 26 heavy (non-hydrogen) atoms. The van der Waals surface area contributed by atoms with Crippen LogP contribution in [0.2, 0.25) is 0 Å². The number of pyridine rings is 1. The Kier molecular flexibility index (Phi) is 3.96. The quantitative estimate of drug-likeness (QED) is 0.709. The molecule has 4 rings (SSSR count). The molecule has 0 spiro atoms. The zero-order chi connectivity index (χ0) is 18.1. The molecule has 1 amide bonds. The lowest BCUT2D eigenvalue weighted by atomic mass is 9.87. The molecular weight excluding hydrogens is 332 g/mol. The maximum atomic E-state index is 12.1. The predicted molar refractivity (Wildman–Crippen MR) is 94.7 cm³/mol. The van der Waals surface area contributed by atoms with E-state index in [1.54, 1.807) is 18.2 Å². The van der Waals surface area contributed by atoms with Crippen LogP contribution in [0.1, 0.15) is 34.1 Å². The third-order valence-corrected chi connectivity index (χ3v) is 4.38. The standard InChI is InChI=1S/C19H16N4O3/c1-26-19(25)14-9-5-8-13(20-14)12-10-15(24)21-18-16(12)17(22-23-18)11-6-3-2-4-7-11/h2-9,12H,10H2,1H3,(H2,21,22,23,24)/t12-/m0/s1. The Balaban J connectivity index is 1.84. The van der Waals surface area contributed by atoms with Crippen molar-refractivity contribution in [2.45, 2.75) is 12.3 Å². The zero-order valence-corrected chi connectivity index (χ0v) is 14.0. The summed E-state index contributed by atoms with van der Waals surface area (Å²) in [6.45, 7) is 0. The number of carbonyl (C=O) groups excluding carboxylic acids is 2. The van der Waals surface area contributed by atoms with Crippen molar-refractivity contribution in [2.75, 3.05) is 12.4 Å². The first kappa shape index (κ1) is 16.0. The first-order valence-electron chi connectivity index (χ1n) is 8.16. The molecule has 0 radical (unpaired) electrons. The number of carbonyl (C=O) groups is 2. The molecular formula is C19H16N4O3. The molecule has 7 heteroatoms. The number of hydrogen-bond acceptors (Lipinski definition) is 5. The van der Waals surface area contributed by atoms with Crippen molar-refractivity contribution < 1.29 is 14.3 Å². The van der Waals surface area contributed by atoms with Gasteiger partial charge in [0.25, 0.3) is 0 Å². The highest BCUT2D eigenvalue weighted by Crippen LogP contribution is 2.41. The normalized spacial score (nSPS) is 15.9. The molecule has 0 saturated carbocycles. The summed E-state index contributed by atoms with van der Waals surface area (Å²) < 4.78 is 4.75. The Hall–Kier alpha value is -3.48. The van der Waals surface area contributed by atoms with E-state index in [2.05, 4.69) is 20.5 Å². The Labute approximate surface area is 149 Å². The average Bonchev–Trinajstić information content (AvgIpc) is 3.11. The van der Waals surface area contributed by atoms with E-state index in [4.69, 9.17) is 4.74 Å². The van der Waals surface area contributed by atoms with Crippen molar-refractivity contribution in [2.24, 2.45) is 0 Å². The van der Waals surface area contributed by atoms with E-state index < -0.39 is 5.97 Å². The highest BCUT2D eigenvalue weighted by atomic mass is 16.5. The number of aromatic amines is 1. The summed E-state index contributed by atoms with van der Waals surface area (Å²) >= 11 is 0. The first-order valence-corrected chi connectivity index (χ1v) is 8.16. The average molecular weight is 348 g/mol. The Morgan fingerprint density at radius 1 is 1.15 bits per heavy atom. The van der Waals surface area contributed by atoms with Gasteiger partial charge >= 0.3 is 5.97 Å². The Morgan fingerprint density at radius 2 is 1.96 bits per heavy atom. The predicted octanol–water partition coefficient (Wildman–Crippen LogP) is 2.73. The van der Waals surface area contributed by atoms with Crippen molar-refractivity contribution in [1.29, 1.82) is 0 Å². The van der Waals surface area contributed by atoms with Gasteiger partial charge in [-0.05, 0) is 17.7 Å². The minimum Gasteiger partial charge on any atom is -0.464 e. The summed E-state index contributed by atoms with van der Waals surface area (Å²) in [6.07, 6.45) is 0.226. The number of H-pyrrole nitrogens is 1. The van der Waals surface area contributed by atoms with Gasteiger partial charge in [-0.25, -0.2) is 9.78 Å². The van der Waals surface area contributed by atoms with Crippen LogP contribution in [-0.4, -0.2) is 34.2 Å². The minimum absolute atomic E-state index is 0.140. The van der Waals surface area contributed by atoms with Crippen LogP contribution in [0.4, 0.5) is 5.82 Å². The molecule has 0 bridgehead atoms. The van der Waals surface area contributed by atoms with E-state index >= 15 is 0 Å². The van der Waals surface area contributed by atoms with Crippen LogP contribution in [0.5, 0.6) is 0 Å². The fourth-order valence-electron chi connectivity index (χ4n) is 3.20. The van der Waals surface area contributed by atoms with E-state index in [1.807, 2.05) is 30.3 Å². The van der Waals surface area contributed by atoms with Crippen molar-refractivity contribution in [3.63, 3.8) is 0 Å². The number of methoxy groups -OCH3 is 1. The number of esters is 1. The maximum absolute atomic E-state index is 12.1. The highest BCUT2D eigenvalue weighted by molar-refractivity contribution is 5.96. The van der Waals surface area contributed by atoms with Crippen LogP contribution in [0.3, 0.4) is 0 Å². The Bertz CT molecular complexity index is 981. The van der Waals surface area contributed by atoms with Crippen molar-refractivity contribution >= 4 is 17.7 Å². The fraction of sp³-hybridized carbons (Fsp3) is 0.158. The number of aromatic nitrogens is 3.